The molecule has 1 aliphatic rings. The van der Waals surface area contributed by atoms with E-state index in [1.165, 1.54) is 0 Å². The molecular formula is C14H16N4O2. The van der Waals surface area contributed by atoms with Crippen molar-refractivity contribution < 1.29 is 9.59 Å². The van der Waals surface area contributed by atoms with Crippen molar-refractivity contribution in [2.45, 2.75) is 25.8 Å². The zero-order valence-electron chi connectivity index (χ0n) is 11.2. The van der Waals surface area contributed by atoms with Crippen LogP contribution in [-0.2, 0) is 9.59 Å². The molecular weight excluding hydrogens is 256 g/mol. The van der Waals surface area contributed by atoms with E-state index < -0.39 is 6.04 Å². The molecule has 1 unspecified atom stereocenters. The molecule has 1 heterocycles. The molecule has 0 spiro atoms. The van der Waals surface area contributed by atoms with Gasteiger partial charge in [0.15, 0.2) is 0 Å². The smallest absolute Gasteiger partial charge is 0.249 e. The molecule has 1 atom stereocenters. The molecule has 20 heavy (non-hydrogen) atoms. The van der Waals surface area contributed by atoms with Crippen molar-refractivity contribution in [3.8, 4) is 0 Å². The summed E-state index contributed by atoms with van der Waals surface area (Å²) in [7, 11) is 0. The van der Waals surface area contributed by atoms with Crippen LogP contribution in [0.5, 0.6) is 0 Å². The zero-order chi connectivity index (χ0) is 14.5. The number of aliphatic imine (C=N–C) groups is 2. The fraction of sp³-hybridized carbons (Fsp3) is 0.286. The predicted octanol–water partition coefficient (Wildman–Crippen LogP) is 1.08. The Balaban J connectivity index is 2.13. The first kappa shape index (κ1) is 13.9. The Morgan fingerprint density at radius 3 is 2.80 bits per heavy atom. The normalized spacial score (nSPS) is 19.4. The number of nitrogens with one attached hydrogen (secondary N) is 2. The lowest BCUT2D eigenvalue weighted by Gasteiger charge is -2.22. The highest BCUT2D eigenvalue weighted by molar-refractivity contribution is 6.02. The number of carbonyl (C=O) groups excluding carboxylic acids is 2. The summed E-state index contributed by atoms with van der Waals surface area (Å²) in [5, 5.41) is 5.18. The van der Waals surface area contributed by atoms with Crippen LogP contribution >= 0.6 is 0 Å². The van der Waals surface area contributed by atoms with Gasteiger partial charge in [0.05, 0.1) is 5.69 Å². The fourth-order valence-electron chi connectivity index (χ4n) is 1.90. The summed E-state index contributed by atoms with van der Waals surface area (Å²) in [6, 6.07) is 7.07. The summed E-state index contributed by atoms with van der Waals surface area (Å²) in [5.74, 6) is -0.340. The summed E-state index contributed by atoms with van der Waals surface area (Å²) < 4.78 is 0. The number of hydrogen-bond acceptors (Lipinski definition) is 3. The van der Waals surface area contributed by atoms with E-state index in [1.54, 1.807) is 0 Å². The highest BCUT2D eigenvalue weighted by atomic mass is 16.2. The van der Waals surface area contributed by atoms with E-state index in [-0.39, 0.29) is 17.8 Å². The van der Waals surface area contributed by atoms with Crippen LogP contribution in [0.2, 0.25) is 0 Å². The van der Waals surface area contributed by atoms with Gasteiger partial charge in [0.2, 0.25) is 17.8 Å². The second-order valence-electron chi connectivity index (χ2n) is 4.53. The van der Waals surface area contributed by atoms with Gasteiger partial charge in [-0.25, -0.2) is 9.98 Å². The van der Waals surface area contributed by atoms with E-state index in [9.17, 15) is 9.59 Å². The molecule has 1 aromatic carbocycles. The summed E-state index contributed by atoms with van der Waals surface area (Å²) in [5.41, 5.74) is 1.76. The number of hydrogen-bond donors (Lipinski definition) is 2. The van der Waals surface area contributed by atoms with Crippen molar-refractivity contribution in [3.05, 3.63) is 29.8 Å². The number of piperidine rings is 1. The maximum atomic E-state index is 11.7. The Hall–Kier alpha value is -2.50. The van der Waals surface area contributed by atoms with Crippen LogP contribution in [0.25, 0.3) is 0 Å². The van der Waals surface area contributed by atoms with Crippen LogP contribution in [-0.4, -0.2) is 30.5 Å². The minimum absolute atomic E-state index is 0.253. The standard InChI is InChI=1S/C14H16N4O2/c1-9-5-3-4-6-10(9)16-14(15-2)17-11-7-8-12(19)18-13(11)20/h3-6,11H,2,7-8H2,1H3,(H,16,17)(H,18,19,20). The van der Waals surface area contributed by atoms with Crippen LogP contribution in [0.15, 0.2) is 34.3 Å². The third-order valence-electron chi connectivity index (χ3n) is 3.03. The van der Waals surface area contributed by atoms with Crippen molar-refractivity contribution in [1.29, 1.82) is 0 Å². The molecule has 0 aliphatic carbocycles. The molecule has 0 radical (unpaired) electrons. The molecule has 6 heteroatoms. The molecule has 6 nitrogen and oxygen atoms in total. The second kappa shape index (κ2) is 6.10. The summed E-state index contributed by atoms with van der Waals surface area (Å²) >= 11 is 0. The Kier molecular flexibility index (Phi) is 4.24. The van der Waals surface area contributed by atoms with E-state index >= 15 is 0 Å². The van der Waals surface area contributed by atoms with Crippen LogP contribution in [0.3, 0.4) is 0 Å². The monoisotopic (exact) mass is 272 g/mol. The number of rotatable bonds is 2. The van der Waals surface area contributed by atoms with Gasteiger partial charge in [0.25, 0.3) is 0 Å². The van der Waals surface area contributed by atoms with E-state index in [0.717, 1.165) is 11.3 Å². The number of benzene rings is 1. The van der Waals surface area contributed by atoms with Crippen molar-refractivity contribution in [3.63, 3.8) is 0 Å². The molecule has 1 fully saturated rings. The van der Waals surface area contributed by atoms with E-state index in [0.29, 0.717) is 12.8 Å². The molecule has 2 N–H and O–H groups in total. The third-order valence-corrected chi connectivity index (χ3v) is 3.03. The second-order valence-corrected chi connectivity index (χ2v) is 4.53. The van der Waals surface area contributed by atoms with Gasteiger partial charge in [-0.1, -0.05) is 18.2 Å². The minimum Gasteiger partial charge on any atom is -0.342 e. The predicted molar refractivity (Wildman–Crippen MR) is 77.1 cm³/mol. The Morgan fingerprint density at radius 1 is 1.40 bits per heavy atom. The van der Waals surface area contributed by atoms with E-state index in [4.69, 9.17) is 0 Å². The van der Waals surface area contributed by atoms with Gasteiger partial charge in [-0.05, 0) is 31.7 Å². The van der Waals surface area contributed by atoms with Crippen LogP contribution < -0.4 is 10.6 Å². The van der Waals surface area contributed by atoms with E-state index in [2.05, 4.69) is 27.3 Å². The average molecular weight is 272 g/mol. The number of carbonyl (C=O) groups is 2. The lowest BCUT2D eigenvalue weighted by Crippen LogP contribution is -2.52. The van der Waals surface area contributed by atoms with Gasteiger partial charge in [-0.2, -0.15) is 0 Å². The van der Waals surface area contributed by atoms with Gasteiger partial charge in [-0.15, -0.1) is 0 Å². The van der Waals surface area contributed by atoms with Gasteiger partial charge >= 0.3 is 0 Å². The number of guanidine groups is 1. The maximum absolute atomic E-state index is 11.7. The number of imide groups is 1. The highest BCUT2D eigenvalue weighted by Crippen LogP contribution is 2.17. The van der Waals surface area contributed by atoms with Gasteiger partial charge in [0.1, 0.15) is 6.04 Å². The van der Waals surface area contributed by atoms with Crippen LogP contribution in [0.1, 0.15) is 18.4 Å². The third kappa shape index (κ3) is 3.28. The molecule has 0 saturated carbocycles. The highest BCUT2D eigenvalue weighted by Gasteiger charge is 2.27. The fourth-order valence-corrected chi connectivity index (χ4v) is 1.90. The molecule has 1 aliphatic heterocycles. The Morgan fingerprint density at radius 2 is 2.15 bits per heavy atom. The van der Waals surface area contributed by atoms with Crippen molar-refractivity contribution in [2.24, 2.45) is 9.98 Å². The number of nitrogens with zero attached hydrogens (tertiary/aromatic N) is 2. The van der Waals surface area contributed by atoms with Crippen molar-refractivity contribution >= 4 is 30.2 Å². The molecule has 1 saturated heterocycles. The lowest BCUT2D eigenvalue weighted by atomic mass is 10.1. The molecule has 2 amide bonds. The number of aryl methyl sites for hydroxylation is 1. The first-order valence-electron chi connectivity index (χ1n) is 6.31. The van der Waals surface area contributed by atoms with Crippen molar-refractivity contribution in [2.75, 3.05) is 0 Å². The molecule has 1 aromatic rings. The zero-order valence-corrected chi connectivity index (χ0v) is 11.2. The average Bonchev–Trinajstić information content (AvgIpc) is 2.43. The Bertz CT molecular complexity index is 580. The molecule has 0 bridgehead atoms. The topological polar surface area (TPSA) is 82.9 Å². The number of amides is 2. The van der Waals surface area contributed by atoms with E-state index in [1.807, 2.05) is 31.2 Å². The summed E-state index contributed by atoms with van der Waals surface area (Å²) in [4.78, 5) is 30.9. The molecule has 104 valence electrons. The quantitative estimate of drug-likeness (QED) is 0.480. The lowest BCUT2D eigenvalue weighted by molar-refractivity contribution is -0.134. The minimum atomic E-state index is -0.513. The number of para-hydroxylation sites is 1. The van der Waals surface area contributed by atoms with Gasteiger partial charge in [0, 0.05) is 6.42 Å². The van der Waals surface area contributed by atoms with Crippen LogP contribution in [0.4, 0.5) is 5.69 Å². The SMILES string of the molecule is C=N/C(=N\c1ccccc1C)NC1CCC(=O)NC1=O. The van der Waals surface area contributed by atoms with Gasteiger partial charge in [-0.3, -0.25) is 14.9 Å². The molecule has 0 aromatic heterocycles. The van der Waals surface area contributed by atoms with Crippen molar-refractivity contribution in [1.82, 2.24) is 10.6 Å². The largest absolute Gasteiger partial charge is 0.342 e. The molecule has 2 rings (SSSR count). The summed E-state index contributed by atoms with van der Waals surface area (Å²) in [6.07, 6.45) is 0.727. The maximum Gasteiger partial charge on any atom is 0.249 e. The van der Waals surface area contributed by atoms with Crippen LogP contribution in [0, 0.1) is 6.92 Å². The van der Waals surface area contributed by atoms with Gasteiger partial charge < -0.3 is 5.32 Å². The first-order valence-corrected chi connectivity index (χ1v) is 6.31. The summed E-state index contributed by atoms with van der Waals surface area (Å²) in [6.45, 7) is 5.39. The Labute approximate surface area is 117 Å². The first-order chi connectivity index (χ1) is 9.60.